The van der Waals surface area contributed by atoms with Crippen LogP contribution in [0.3, 0.4) is 0 Å². The normalized spacial score (nSPS) is 18.6. The minimum absolute atomic E-state index is 0.0103. The van der Waals surface area contributed by atoms with Crippen LogP contribution in [0.4, 0.5) is 0 Å². The van der Waals surface area contributed by atoms with Gasteiger partial charge in [-0.05, 0) is 50.5 Å². The maximum atomic E-state index is 12.8. The Morgan fingerprint density at radius 3 is 2.54 bits per heavy atom. The zero-order valence-electron chi connectivity index (χ0n) is 16.9. The first-order valence-electron chi connectivity index (χ1n) is 10.4. The summed E-state index contributed by atoms with van der Waals surface area (Å²) in [4.78, 5) is 17.3. The number of aryl methyl sites for hydroxylation is 2. The van der Waals surface area contributed by atoms with Gasteiger partial charge in [0, 0.05) is 32.2 Å². The van der Waals surface area contributed by atoms with Crippen LogP contribution in [-0.2, 0) is 6.61 Å². The highest BCUT2D eigenvalue weighted by Crippen LogP contribution is 2.25. The molecule has 2 fully saturated rings. The second-order valence-corrected chi connectivity index (χ2v) is 8.09. The SMILES string of the molecule is Cc1ccc(OCc2ccc(C(=O)N3CCN(C4CCCC4)CC3)o2)c(C)c1. The van der Waals surface area contributed by atoms with Gasteiger partial charge in [-0.15, -0.1) is 0 Å². The molecule has 1 saturated carbocycles. The van der Waals surface area contributed by atoms with E-state index in [1.165, 1.54) is 31.2 Å². The van der Waals surface area contributed by atoms with E-state index >= 15 is 0 Å². The summed E-state index contributed by atoms with van der Waals surface area (Å²) in [6.45, 7) is 7.93. The van der Waals surface area contributed by atoms with E-state index in [1.807, 2.05) is 30.0 Å². The maximum Gasteiger partial charge on any atom is 0.289 e. The van der Waals surface area contributed by atoms with E-state index in [4.69, 9.17) is 9.15 Å². The molecule has 1 aliphatic heterocycles. The molecular weight excluding hydrogens is 352 g/mol. The van der Waals surface area contributed by atoms with Crippen LogP contribution in [0.5, 0.6) is 5.75 Å². The Labute approximate surface area is 167 Å². The highest BCUT2D eigenvalue weighted by molar-refractivity contribution is 5.91. The van der Waals surface area contributed by atoms with E-state index in [2.05, 4.69) is 17.9 Å². The summed E-state index contributed by atoms with van der Waals surface area (Å²) >= 11 is 0. The molecule has 28 heavy (non-hydrogen) atoms. The van der Waals surface area contributed by atoms with Crippen LogP contribution in [0.25, 0.3) is 0 Å². The van der Waals surface area contributed by atoms with E-state index in [0.29, 0.717) is 18.1 Å². The summed E-state index contributed by atoms with van der Waals surface area (Å²) in [5.41, 5.74) is 2.31. The molecule has 0 unspecified atom stereocenters. The number of nitrogens with zero attached hydrogens (tertiary/aromatic N) is 2. The van der Waals surface area contributed by atoms with Crippen molar-refractivity contribution >= 4 is 5.91 Å². The third-order valence-corrected chi connectivity index (χ3v) is 6.02. The Bertz CT molecular complexity index is 815. The van der Waals surface area contributed by atoms with Gasteiger partial charge in [0.2, 0.25) is 0 Å². The molecule has 0 atom stereocenters. The van der Waals surface area contributed by atoms with Gasteiger partial charge in [-0.1, -0.05) is 30.5 Å². The Morgan fingerprint density at radius 2 is 1.82 bits per heavy atom. The molecule has 2 heterocycles. The van der Waals surface area contributed by atoms with E-state index < -0.39 is 0 Å². The maximum absolute atomic E-state index is 12.8. The number of carbonyl (C=O) groups excluding carboxylic acids is 1. The van der Waals surface area contributed by atoms with Crippen LogP contribution in [0.1, 0.15) is 53.1 Å². The zero-order chi connectivity index (χ0) is 19.5. The second kappa shape index (κ2) is 8.39. The molecule has 1 saturated heterocycles. The van der Waals surface area contributed by atoms with Crippen molar-refractivity contribution in [2.24, 2.45) is 0 Å². The zero-order valence-corrected chi connectivity index (χ0v) is 16.9. The molecule has 1 aromatic heterocycles. The number of piperazine rings is 1. The van der Waals surface area contributed by atoms with Gasteiger partial charge in [-0.3, -0.25) is 9.69 Å². The van der Waals surface area contributed by atoms with Crippen LogP contribution in [-0.4, -0.2) is 47.9 Å². The lowest BCUT2D eigenvalue weighted by Gasteiger charge is -2.37. The largest absolute Gasteiger partial charge is 0.485 e. The van der Waals surface area contributed by atoms with Crippen molar-refractivity contribution in [2.45, 2.75) is 52.2 Å². The third-order valence-electron chi connectivity index (χ3n) is 6.02. The number of hydrogen-bond donors (Lipinski definition) is 0. The van der Waals surface area contributed by atoms with E-state index in [0.717, 1.165) is 43.5 Å². The molecule has 5 nitrogen and oxygen atoms in total. The highest BCUT2D eigenvalue weighted by Gasteiger charge is 2.29. The smallest absolute Gasteiger partial charge is 0.289 e. The number of ether oxygens (including phenoxy) is 1. The van der Waals surface area contributed by atoms with Crippen LogP contribution in [0.15, 0.2) is 34.7 Å². The molecule has 0 radical (unpaired) electrons. The highest BCUT2D eigenvalue weighted by atomic mass is 16.5. The topological polar surface area (TPSA) is 45.9 Å². The van der Waals surface area contributed by atoms with Crippen molar-refractivity contribution in [1.82, 2.24) is 9.80 Å². The monoisotopic (exact) mass is 382 g/mol. The summed E-state index contributed by atoms with van der Waals surface area (Å²) in [7, 11) is 0. The molecule has 5 heteroatoms. The molecule has 0 spiro atoms. The number of furan rings is 1. The molecule has 1 amide bonds. The van der Waals surface area contributed by atoms with Crippen molar-refractivity contribution in [3.05, 3.63) is 53.0 Å². The quantitative estimate of drug-likeness (QED) is 0.778. The van der Waals surface area contributed by atoms with Crippen LogP contribution < -0.4 is 4.74 Å². The summed E-state index contributed by atoms with van der Waals surface area (Å²) in [5.74, 6) is 1.92. The van der Waals surface area contributed by atoms with Gasteiger partial charge in [0.05, 0.1) is 0 Å². The number of benzene rings is 1. The molecular formula is C23H30N2O3. The Hall–Kier alpha value is -2.27. The Morgan fingerprint density at radius 1 is 1.07 bits per heavy atom. The lowest BCUT2D eigenvalue weighted by Crippen LogP contribution is -2.51. The predicted octanol–water partition coefficient (Wildman–Crippen LogP) is 4.18. The third kappa shape index (κ3) is 4.25. The first-order valence-corrected chi connectivity index (χ1v) is 10.4. The minimum atomic E-state index is -0.0103. The lowest BCUT2D eigenvalue weighted by molar-refractivity contribution is 0.0541. The fraction of sp³-hybridized carbons (Fsp3) is 0.522. The average Bonchev–Trinajstić information content (AvgIpc) is 3.39. The molecule has 150 valence electrons. The fourth-order valence-electron chi connectivity index (χ4n) is 4.40. The molecule has 0 bridgehead atoms. The summed E-state index contributed by atoms with van der Waals surface area (Å²) in [6.07, 6.45) is 5.33. The van der Waals surface area contributed by atoms with Gasteiger partial charge in [0.1, 0.15) is 18.1 Å². The van der Waals surface area contributed by atoms with Crippen molar-refractivity contribution < 1.29 is 13.9 Å². The van der Waals surface area contributed by atoms with Gasteiger partial charge in [-0.25, -0.2) is 0 Å². The summed E-state index contributed by atoms with van der Waals surface area (Å²) in [6, 6.07) is 10.4. The minimum Gasteiger partial charge on any atom is -0.485 e. The Balaban J connectivity index is 1.30. The molecule has 2 aromatic rings. The molecule has 1 aliphatic carbocycles. The van der Waals surface area contributed by atoms with Crippen molar-refractivity contribution in [3.63, 3.8) is 0 Å². The van der Waals surface area contributed by atoms with E-state index in [1.54, 1.807) is 6.07 Å². The van der Waals surface area contributed by atoms with Crippen LogP contribution in [0, 0.1) is 13.8 Å². The van der Waals surface area contributed by atoms with Gasteiger partial charge >= 0.3 is 0 Å². The summed E-state index contributed by atoms with van der Waals surface area (Å²) in [5, 5.41) is 0. The van der Waals surface area contributed by atoms with Crippen molar-refractivity contribution in [1.29, 1.82) is 0 Å². The summed E-state index contributed by atoms with van der Waals surface area (Å²) < 4.78 is 11.6. The van der Waals surface area contributed by atoms with E-state index in [9.17, 15) is 4.79 Å². The average molecular weight is 383 g/mol. The molecule has 1 aromatic carbocycles. The van der Waals surface area contributed by atoms with Crippen molar-refractivity contribution in [2.75, 3.05) is 26.2 Å². The van der Waals surface area contributed by atoms with Crippen molar-refractivity contribution in [3.8, 4) is 5.75 Å². The van der Waals surface area contributed by atoms with Crippen LogP contribution in [0.2, 0.25) is 0 Å². The molecule has 4 rings (SSSR count). The lowest BCUT2D eigenvalue weighted by atomic mass is 10.1. The predicted molar refractivity (Wildman–Crippen MR) is 109 cm³/mol. The standard InChI is InChI=1S/C23H30N2O3/c1-17-7-9-21(18(2)15-17)27-16-20-8-10-22(28-20)23(26)25-13-11-24(12-14-25)19-5-3-4-6-19/h7-10,15,19H,3-6,11-14,16H2,1-2H3. The molecule has 2 aliphatic rings. The van der Waals surface area contributed by atoms with Gasteiger partial charge < -0.3 is 14.1 Å². The molecule has 0 N–H and O–H groups in total. The second-order valence-electron chi connectivity index (χ2n) is 8.09. The Kier molecular flexibility index (Phi) is 5.72. The van der Waals surface area contributed by atoms with Crippen LogP contribution >= 0.6 is 0 Å². The van der Waals surface area contributed by atoms with Gasteiger partial charge in [0.25, 0.3) is 5.91 Å². The first-order chi connectivity index (χ1) is 13.6. The van der Waals surface area contributed by atoms with Gasteiger partial charge in [0.15, 0.2) is 5.76 Å². The number of carbonyl (C=O) groups is 1. The fourth-order valence-corrected chi connectivity index (χ4v) is 4.40. The number of amides is 1. The number of rotatable bonds is 5. The number of hydrogen-bond acceptors (Lipinski definition) is 4. The van der Waals surface area contributed by atoms with E-state index in [-0.39, 0.29) is 5.91 Å². The first kappa shape index (κ1) is 19.1. The van der Waals surface area contributed by atoms with Gasteiger partial charge in [-0.2, -0.15) is 0 Å².